The van der Waals surface area contributed by atoms with Gasteiger partial charge in [0.15, 0.2) is 0 Å². The zero-order valence-corrected chi connectivity index (χ0v) is 5.94. The van der Waals surface area contributed by atoms with Crippen LogP contribution in [-0.4, -0.2) is 19.0 Å². The highest BCUT2D eigenvalue weighted by Gasteiger charge is 2.33. The van der Waals surface area contributed by atoms with E-state index in [0.29, 0.717) is 6.61 Å². The fourth-order valence-corrected chi connectivity index (χ4v) is 0.945. The van der Waals surface area contributed by atoms with Crippen molar-refractivity contribution in [2.45, 2.75) is 20.3 Å². The maximum absolute atomic E-state index is 10.9. The minimum atomic E-state index is -0.167. The molecule has 0 bridgehead atoms. The van der Waals surface area contributed by atoms with Gasteiger partial charge in [-0.25, -0.2) is 0 Å². The lowest BCUT2D eigenvalue weighted by atomic mass is 9.86. The summed E-state index contributed by atoms with van der Waals surface area (Å²) >= 11 is 0. The zero-order valence-electron chi connectivity index (χ0n) is 5.94. The van der Waals surface area contributed by atoms with Gasteiger partial charge in [0.1, 0.15) is 5.78 Å². The molecule has 2 heteroatoms. The van der Waals surface area contributed by atoms with Crippen LogP contribution in [0.3, 0.4) is 0 Å². The van der Waals surface area contributed by atoms with E-state index in [1.165, 1.54) is 0 Å². The molecule has 1 saturated heterocycles. The first-order valence-electron chi connectivity index (χ1n) is 3.24. The van der Waals surface area contributed by atoms with Crippen molar-refractivity contribution in [3.63, 3.8) is 0 Å². The minimum Gasteiger partial charge on any atom is -0.380 e. The van der Waals surface area contributed by atoms with Crippen molar-refractivity contribution < 1.29 is 9.53 Å². The first-order chi connectivity index (χ1) is 4.15. The summed E-state index contributed by atoms with van der Waals surface area (Å²) in [7, 11) is 0. The molecular weight excluding hydrogens is 116 g/mol. The predicted molar refractivity (Wildman–Crippen MR) is 34.2 cm³/mol. The van der Waals surface area contributed by atoms with Crippen LogP contribution >= 0.6 is 0 Å². The molecule has 0 spiro atoms. The van der Waals surface area contributed by atoms with Gasteiger partial charge in [-0.05, 0) is 13.3 Å². The molecule has 0 unspecified atom stereocenters. The van der Waals surface area contributed by atoms with Crippen LogP contribution in [0.2, 0.25) is 0 Å². The largest absolute Gasteiger partial charge is 0.380 e. The van der Waals surface area contributed by atoms with Crippen molar-refractivity contribution in [2.75, 3.05) is 13.2 Å². The Morgan fingerprint density at radius 1 is 1.67 bits per heavy atom. The van der Waals surface area contributed by atoms with Crippen LogP contribution in [0, 0.1) is 5.41 Å². The van der Waals surface area contributed by atoms with Gasteiger partial charge in [0.25, 0.3) is 0 Å². The van der Waals surface area contributed by atoms with Gasteiger partial charge in [-0.3, -0.25) is 4.79 Å². The van der Waals surface area contributed by atoms with Gasteiger partial charge < -0.3 is 4.74 Å². The van der Waals surface area contributed by atoms with Crippen molar-refractivity contribution in [3.8, 4) is 0 Å². The first-order valence-corrected chi connectivity index (χ1v) is 3.24. The summed E-state index contributed by atoms with van der Waals surface area (Å²) in [4.78, 5) is 10.9. The maximum Gasteiger partial charge on any atom is 0.138 e. The fourth-order valence-electron chi connectivity index (χ4n) is 0.945. The summed E-state index contributed by atoms with van der Waals surface area (Å²) in [5.74, 6) is 0.250. The minimum absolute atomic E-state index is 0.167. The third kappa shape index (κ3) is 1.13. The molecule has 0 amide bonds. The van der Waals surface area contributed by atoms with E-state index in [2.05, 4.69) is 0 Å². The monoisotopic (exact) mass is 128 g/mol. The summed E-state index contributed by atoms with van der Waals surface area (Å²) in [6, 6.07) is 0. The number of hydrogen-bond donors (Lipinski definition) is 0. The molecule has 0 saturated carbocycles. The van der Waals surface area contributed by atoms with Gasteiger partial charge >= 0.3 is 0 Å². The highest BCUT2D eigenvalue weighted by Crippen LogP contribution is 2.28. The van der Waals surface area contributed by atoms with E-state index in [4.69, 9.17) is 4.74 Å². The van der Waals surface area contributed by atoms with E-state index in [1.807, 2.05) is 6.92 Å². The lowest BCUT2D eigenvalue weighted by Crippen LogP contribution is -2.25. The number of carbonyl (C=O) groups is 1. The van der Waals surface area contributed by atoms with Crippen LogP contribution in [0.5, 0.6) is 0 Å². The van der Waals surface area contributed by atoms with E-state index in [0.717, 1.165) is 13.0 Å². The number of hydrogen-bond acceptors (Lipinski definition) is 2. The fraction of sp³-hybridized carbons (Fsp3) is 0.857. The summed E-state index contributed by atoms with van der Waals surface area (Å²) in [5.41, 5.74) is -0.167. The molecule has 0 aromatic rings. The number of carbonyl (C=O) groups excluding carboxylic acids is 1. The molecule has 0 aromatic heterocycles. The van der Waals surface area contributed by atoms with Crippen LogP contribution < -0.4 is 0 Å². The quantitative estimate of drug-likeness (QED) is 0.526. The van der Waals surface area contributed by atoms with Crippen LogP contribution in [0.1, 0.15) is 20.3 Å². The Bertz CT molecular complexity index is 123. The topological polar surface area (TPSA) is 26.3 Å². The van der Waals surface area contributed by atoms with Gasteiger partial charge in [0.2, 0.25) is 0 Å². The average Bonchev–Trinajstić information content (AvgIpc) is 2.16. The van der Waals surface area contributed by atoms with E-state index >= 15 is 0 Å². The normalized spacial score (nSPS) is 34.9. The Morgan fingerprint density at radius 2 is 2.33 bits per heavy atom. The summed E-state index contributed by atoms with van der Waals surface area (Å²) < 4.78 is 5.10. The Kier molecular flexibility index (Phi) is 1.58. The van der Waals surface area contributed by atoms with Crippen LogP contribution in [0.25, 0.3) is 0 Å². The molecule has 1 fully saturated rings. The summed E-state index contributed by atoms with van der Waals surface area (Å²) in [5, 5.41) is 0. The molecule has 1 rings (SSSR count). The second-order valence-corrected chi connectivity index (χ2v) is 2.92. The second kappa shape index (κ2) is 2.10. The van der Waals surface area contributed by atoms with Crippen molar-refractivity contribution in [2.24, 2.45) is 5.41 Å². The van der Waals surface area contributed by atoms with Gasteiger partial charge in [0, 0.05) is 6.61 Å². The molecular formula is C7H12O2. The summed E-state index contributed by atoms with van der Waals surface area (Å²) in [6.45, 7) is 4.95. The van der Waals surface area contributed by atoms with Crippen LogP contribution in [0.15, 0.2) is 0 Å². The number of ether oxygens (including phenoxy) is 1. The number of ketones is 1. The Hall–Kier alpha value is -0.370. The molecule has 0 radical (unpaired) electrons. The molecule has 52 valence electrons. The van der Waals surface area contributed by atoms with Crippen molar-refractivity contribution in [1.82, 2.24) is 0 Å². The molecule has 2 nitrogen and oxygen atoms in total. The lowest BCUT2D eigenvalue weighted by molar-refractivity contribution is -0.125. The lowest BCUT2D eigenvalue weighted by Gasteiger charge is -2.15. The molecule has 0 N–H and O–H groups in total. The Labute approximate surface area is 55.2 Å². The molecule has 1 atom stereocenters. The second-order valence-electron chi connectivity index (χ2n) is 2.92. The van der Waals surface area contributed by atoms with Crippen LogP contribution in [-0.2, 0) is 9.53 Å². The van der Waals surface area contributed by atoms with E-state index in [9.17, 15) is 4.79 Å². The smallest absolute Gasteiger partial charge is 0.138 e. The highest BCUT2D eigenvalue weighted by atomic mass is 16.5. The Morgan fingerprint density at radius 3 is 2.56 bits per heavy atom. The highest BCUT2D eigenvalue weighted by molar-refractivity contribution is 5.82. The molecule has 1 aliphatic heterocycles. The molecule has 0 aliphatic carbocycles. The molecule has 1 heterocycles. The SMILES string of the molecule is CC(=O)[C@@]1(C)CCOC1. The van der Waals surface area contributed by atoms with Crippen molar-refractivity contribution in [3.05, 3.63) is 0 Å². The van der Waals surface area contributed by atoms with Gasteiger partial charge in [-0.15, -0.1) is 0 Å². The first kappa shape index (κ1) is 6.75. The number of Topliss-reactive ketones (excluding diaryl/α,β-unsaturated/α-hetero) is 1. The van der Waals surface area contributed by atoms with Crippen molar-refractivity contribution >= 4 is 5.78 Å². The van der Waals surface area contributed by atoms with E-state index < -0.39 is 0 Å². The Balaban J connectivity index is 2.61. The summed E-state index contributed by atoms with van der Waals surface area (Å²) in [6.07, 6.45) is 0.891. The standard InChI is InChI=1S/C7H12O2/c1-6(8)7(2)3-4-9-5-7/h3-5H2,1-2H3/t7-/m0/s1. The maximum atomic E-state index is 10.9. The average molecular weight is 128 g/mol. The predicted octanol–water partition coefficient (Wildman–Crippen LogP) is 1.00. The van der Waals surface area contributed by atoms with E-state index in [1.54, 1.807) is 6.92 Å². The van der Waals surface area contributed by atoms with Crippen LogP contribution in [0.4, 0.5) is 0 Å². The van der Waals surface area contributed by atoms with Crippen molar-refractivity contribution in [1.29, 1.82) is 0 Å². The molecule has 1 aliphatic rings. The van der Waals surface area contributed by atoms with Gasteiger partial charge in [0.05, 0.1) is 12.0 Å². The van der Waals surface area contributed by atoms with Gasteiger partial charge in [-0.2, -0.15) is 0 Å². The zero-order chi connectivity index (χ0) is 6.91. The molecule has 9 heavy (non-hydrogen) atoms. The number of rotatable bonds is 1. The molecule has 0 aromatic carbocycles. The third-order valence-corrected chi connectivity index (χ3v) is 2.07. The van der Waals surface area contributed by atoms with Gasteiger partial charge in [-0.1, -0.05) is 6.92 Å². The third-order valence-electron chi connectivity index (χ3n) is 2.07. The van der Waals surface area contributed by atoms with E-state index in [-0.39, 0.29) is 11.2 Å².